The van der Waals surface area contributed by atoms with Crippen LogP contribution in [0, 0.1) is 0 Å². The van der Waals surface area contributed by atoms with Gasteiger partial charge in [0.25, 0.3) is 0 Å². The lowest BCUT2D eigenvalue weighted by Crippen LogP contribution is -2.02. The van der Waals surface area contributed by atoms with Crippen molar-refractivity contribution in [2.75, 3.05) is 0 Å². The molecule has 1 aromatic heterocycles. The molecule has 0 unspecified atom stereocenters. The summed E-state index contributed by atoms with van der Waals surface area (Å²) < 4.78 is 40.8. The van der Waals surface area contributed by atoms with Crippen LogP contribution < -0.4 is 0 Å². The molecule has 1 atom stereocenters. The molecular weight excluding hydrogens is 181 g/mol. The maximum absolute atomic E-state index is 12.0. The van der Waals surface area contributed by atoms with Crippen LogP contribution in [0.5, 0.6) is 0 Å². The summed E-state index contributed by atoms with van der Waals surface area (Å²) in [7, 11) is 0. The minimum Gasteiger partial charge on any atom is -0.456 e. The predicted octanol–water partition coefficient (Wildman–Crippen LogP) is 3.59. The number of hydrogen-bond acceptors (Lipinski definition) is 1. The molecule has 1 heterocycles. The second-order valence-electron chi connectivity index (χ2n) is 2.72. The average Bonchev–Trinajstić information content (AvgIpc) is 2.50. The normalized spacial score (nSPS) is 14.2. The van der Waals surface area contributed by atoms with E-state index in [0.29, 0.717) is 0 Å². The van der Waals surface area contributed by atoms with E-state index in [-0.39, 0.29) is 11.7 Å². The Balaban J connectivity index is 2.93. The topological polar surface area (TPSA) is 13.1 Å². The van der Waals surface area contributed by atoms with Crippen molar-refractivity contribution < 1.29 is 17.6 Å². The highest BCUT2D eigenvalue weighted by Gasteiger charge is 2.34. The molecule has 13 heavy (non-hydrogen) atoms. The molecule has 0 spiro atoms. The van der Waals surface area contributed by atoms with Gasteiger partial charge in [-0.3, -0.25) is 0 Å². The number of furan rings is 1. The van der Waals surface area contributed by atoms with Crippen LogP contribution in [0.2, 0.25) is 0 Å². The minimum atomic E-state index is -4.40. The van der Waals surface area contributed by atoms with Gasteiger partial charge in [-0.1, -0.05) is 13.0 Å². The maximum Gasteiger partial charge on any atom is 0.449 e. The summed E-state index contributed by atoms with van der Waals surface area (Å²) in [6.45, 7) is 5.18. The zero-order valence-electron chi connectivity index (χ0n) is 7.06. The van der Waals surface area contributed by atoms with Gasteiger partial charge in [0.15, 0.2) is 0 Å². The van der Waals surface area contributed by atoms with Gasteiger partial charge in [0.2, 0.25) is 5.76 Å². The number of hydrogen-bond donors (Lipinski definition) is 0. The van der Waals surface area contributed by atoms with Crippen molar-refractivity contribution in [3.05, 3.63) is 36.3 Å². The van der Waals surface area contributed by atoms with Crippen molar-refractivity contribution in [1.82, 2.24) is 0 Å². The van der Waals surface area contributed by atoms with Gasteiger partial charge in [0, 0.05) is 5.92 Å². The zero-order chi connectivity index (χ0) is 10.1. The number of rotatable bonds is 2. The highest BCUT2D eigenvalue weighted by Crippen LogP contribution is 2.32. The standard InChI is InChI=1S/C9H9F3O/c1-3-6(2)7-4-5-8(13-7)9(10,11)12/h3-6H,1H2,2H3/t6-/m1/s1. The van der Waals surface area contributed by atoms with E-state index >= 15 is 0 Å². The first-order chi connectivity index (χ1) is 5.95. The monoisotopic (exact) mass is 190 g/mol. The van der Waals surface area contributed by atoms with Gasteiger partial charge < -0.3 is 4.42 Å². The maximum atomic E-state index is 12.0. The van der Waals surface area contributed by atoms with E-state index in [1.165, 1.54) is 12.1 Å². The number of allylic oxidation sites excluding steroid dienone is 1. The van der Waals surface area contributed by atoms with Crippen molar-refractivity contribution in [2.45, 2.75) is 19.0 Å². The third-order valence-corrected chi connectivity index (χ3v) is 1.71. The van der Waals surface area contributed by atoms with Crippen LogP contribution in [0.1, 0.15) is 24.4 Å². The Morgan fingerprint density at radius 2 is 2.08 bits per heavy atom. The van der Waals surface area contributed by atoms with E-state index in [2.05, 4.69) is 11.0 Å². The lowest BCUT2D eigenvalue weighted by Gasteiger charge is -2.02. The molecule has 0 fully saturated rings. The molecule has 0 aliphatic rings. The molecule has 0 aromatic carbocycles. The van der Waals surface area contributed by atoms with E-state index in [9.17, 15) is 13.2 Å². The van der Waals surface area contributed by atoms with E-state index in [0.717, 1.165) is 6.07 Å². The van der Waals surface area contributed by atoms with Gasteiger partial charge in [-0.2, -0.15) is 13.2 Å². The molecular formula is C9H9F3O. The Morgan fingerprint density at radius 3 is 2.46 bits per heavy atom. The summed E-state index contributed by atoms with van der Waals surface area (Å²) >= 11 is 0. The fourth-order valence-electron chi connectivity index (χ4n) is 0.866. The summed E-state index contributed by atoms with van der Waals surface area (Å²) in [6.07, 6.45) is -2.88. The third-order valence-electron chi connectivity index (χ3n) is 1.71. The van der Waals surface area contributed by atoms with Crippen molar-refractivity contribution in [2.24, 2.45) is 0 Å². The Morgan fingerprint density at radius 1 is 1.46 bits per heavy atom. The van der Waals surface area contributed by atoms with Crippen LogP contribution in [0.15, 0.2) is 29.2 Å². The molecule has 1 nitrogen and oxygen atoms in total. The molecule has 1 aromatic rings. The fraction of sp³-hybridized carbons (Fsp3) is 0.333. The summed E-state index contributed by atoms with van der Waals surface area (Å²) in [5.41, 5.74) is 0. The van der Waals surface area contributed by atoms with Crippen LogP contribution in [-0.4, -0.2) is 0 Å². The highest BCUT2D eigenvalue weighted by molar-refractivity contribution is 5.15. The molecule has 0 saturated carbocycles. The van der Waals surface area contributed by atoms with Gasteiger partial charge in [-0.25, -0.2) is 0 Å². The molecule has 1 rings (SSSR count). The molecule has 0 aliphatic heterocycles. The van der Waals surface area contributed by atoms with Crippen LogP contribution in [-0.2, 0) is 6.18 Å². The third kappa shape index (κ3) is 2.14. The van der Waals surface area contributed by atoms with Gasteiger partial charge >= 0.3 is 6.18 Å². The molecule has 0 N–H and O–H groups in total. The Kier molecular flexibility index (Phi) is 2.50. The number of alkyl halides is 3. The van der Waals surface area contributed by atoms with Crippen molar-refractivity contribution in [3.8, 4) is 0 Å². The molecule has 0 saturated heterocycles. The second kappa shape index (κ2) is 3.28. The fourth-order valence-corrected chi connectivity index (χ4v) is 0.866. The van der Waals surface area contributed by atoms with E-state index < -0.39 is 11.9 Å². The smallest absolute Gasteiger partial charge is 0.449 e. The first kappa shape index (κ1) is 9.89. The second-order valence-corrected chi connectivity index (χ2v) is 2.72. The summed E-state index contributed by atoms with van der Waals surface area (Å²) in [5, 5.41) is 0. The zero-order valence-corrected chi connectivity index (χ0v) is 7.06. The Bertz CT molecular complexity index is 298. The lowest BCUT2D eigenvalue weighted by atomic mass is 10.1. The molecule has 0 bridgehead atoms. The Labute approximate surface area is 73.9 Å². The minimum absolute atomic E-state index is 0.198. The lowest BCUT2D eigenvalue weighted by molar-refractivity contribution is -0.153. The van der Waals surface area contributed by atoms with Gasteiger partial charge in [0.05, 0.1) is 0 Å². The highest BCUT2D eigenvalue weighted by atomic mass is 19.4. The Hall–Kier alpha value is -1.19. The van der Waals surface area contributed by atoms with Crippen LogP contribution >= 0.6 is 0 Å². The number of halogens is 3. The summed E-state index contributed by atoms with van der Waals surface area (Å²) in [6, 6.07) is 2.24. The SMILES string of the molecule is C=C[C@@H](C)c1ccc(C(F)(F)F)o1. The van der Waals surface area contributed by atoms with Crippen LogP contribution in [0.4, 0.5) is 13.2 Å². The first-order valence-corrected chi connectivity index (χ1v) is 3.74. The van der Waals surface area contributed by atoms with E-state index in [4.69, 9.17) is 0 Å². The molecule has 4 heteroatoms. The molecule has 0 amide bonds. The average molecular weight is 190 g/mol. The van der Waals surface area contributed by atoms with E-state index in [1.807, 2.05) is 0 Å². The summed E-state index contributed by atoms with van der Waals surface area (Å²) in [5.74, 6) is -0.880. The summed E-state index contributed by atoms with van der Waals surface area (Å²) in [4.78, 5) is 0. The molecule has 0 aliphatic carbocycles. The van der Waals surface area contributed by atoms with Gasteiger partial charge in [-0.15, -0.1) is 6.58 Å². The van der Waals surface area contributed by atoms with Crippen molar-refractivity contribution >= 4 is 0 Å². The van der Waals surface area contributed by atoms with E-state index in [1.54, 1.807) is 6.92 Å². The molecule has 72 valence electrons. The first-order valence-electron chi connectivity index (χ1n) is 3.74. The van der Waals surface area contributed by atoms with Crippen LogP contribution in [0.25, 0.3) is 0 Å². The largest absolute Gasteiger partial charge is 0.456 e. The van der Waals surface area contributed by atoms with Crippen molar-refractivity contribution in [3.63, 3.8) is 0 Å². The predicted molar refractivity (Wildman–Crippen MR) is 42.3 cm³/mol. The van der Waals surface area contributed by atoms with Crippen LogP contribution in [0.3, 0.4) is 0 Å². The molecule has 0 radical (unpaired) electrons. The van der Waals surface area contributed by atoms with Crippen molar-refractivity contribution in [1.29, 1.82) is 0 Å². The quantitative estimate of drug-likeness (QED) is 0.649. The van der Waals surface area contributed by atoms with Gasteiger partial charge in [0.1, 0.15) is 5.76 Å². The van der Waals surface area contributed by atoms with Gasteiger partial charge in [-0.05, 0) is 12.1 Å².